The summed E-state index contributed by atoms with van der Waals surface area (Å²) in [6, 6.07) is 17.0. The van der Waals surface area contributed by atoms with Gasteiger partial charge in [0.25, 0.3) is 0 Å². The second-order valence-corrected chi connectivity index (χ2v) is 7.11. The van der Waals surface area contributed by atoms with E-state index >= 15 is 0 Å². The predicted molar refractivity (Wildman–Crippen MR) is 110 cm³/mol. The van der Waals surface area contributed by atoms with Crippen molar-refractivity contribution in [1.82, 2.24) is 9.97 Å². The maximum atomic E-state index is 12.7. The highest BCUT2D eigenvalue weighted by molar-refractivity contribution is 7.13. The van der Waals surface area contributed by atoms with E-state index in [1.54, 1.807) is 13.2 Å². The Hall–Kier alpha value is -3.25. The minimum Gasteiger partial charge on any atom is -0.496 e. The van der Waals surface area contributed by atoms with Gasteiger partial charge in [0.15, 0.2) is 0 Å². The molecule has 0 bridgehead atoms. The number of fused-ring (bicyclic) bond motifs is 1. The molecule has 0 aliphatic heterocycles. The number of esters is 1. The average Bonchev–Trinajstić information content (AvgIpc) is 3.20. The van der Waals surface area contributed by atoms with Crippen LogP contribution in [0.1, 0.15) is 21.7 Å². The molecule has 2 aromatic heterocycles. The average molecular weight is 390 g/mol. The van der Waals surface area contributed by atoms with Crippen LogP contribution < -0.4 is 4.74 Å². The molecule has 0 atom stereocenters. The lowest BCUT2D eigenvalue weighted by Gasteiger charge is -2.08. The lowest BCUT2D eigenvalue weighted by molar-refractivity contribution is 0.0470. The fourth-order valence-corrected chi connectivity index (χ4v) is 3.85. The Morgan fingerprint density at radius 1 is 1.07 bits per heavy atom. The third-order valence-electron chi connectivity index (χ3n) is 4.30. The molecule has 0 radical (unpaired) electrons. The zero-order chi connectivity index (χ0) is 19.5. The molecule has 0 amide bonds. The minimum absolute atomic E-state index is 0.111. The highest BCUT2D eigenvalue weighted by Gasteiger charge is 2.15. The summed E-state index contributed by atoms with van der Waals surface area (Å²) in [4.78, 5) is 21.7. The van der Waals surface area contributed by atoms with Gasteiger partial charge in [-0.1, -0.05) is 30.3 Å². The second kappa shape index (κ2) is 7.78. The monoisotopic (exact) mass is 390 g/mol. The van der Waals surface area contributed by atoms with Crippen LogP contribution in [0.4, 0.5) is 0 Å². The lowest BCUT2D eigenvalue weighted by atomic mass is 10.1. The Morgan fingerprint density at radius 3 is 2.71 bits per heavy atom. The first-order valence-corrected chi connectivity index (χ1v) is 9.65. The number of ether oxygens (including phenoxy) is 2. The van der Waals surface area contributed by atoms with E-state index in [2.05, 4.69) is 9.97 Å². The first-order valence-electron chi connectivity index (χ1n) is 8.77. The molecular formula is C22H18N2O3S. The van der Waals surface area contributed by atoms with Crippen molar-refractivity contribution in [1.29, 1.82) is 0 Å². The largest absolute Gasteiger partial charge is 0.496 e. The van der Waals surface area contributed by atoms with E-state index < -0.39 is 0 Å². The molecule has 0 aliphatic rings. The van der Waals surface area contributed by atoms with Crippen molar-refractivity contribution in [3.8, 4) is 16.3 Å². The second-order valence-electron chi connectivity index (χ2n) is 6.25. The van der Waals surface area contributed by atoms with Gasteiger partial charge in [-0.3, -0.25) is 4.98 Å². The molecule has 0 saturated heterocycles. The highest BCUT2D eigenvalue weighted by atomic mass is 32.1. The number of carbonyl (C=O) groups excluding carboxylic acids is 1. The standard InChI is InChI=1S/C22H18N2O3S/c1-14-11-18(16-7-3-5-9-19(16)23-14)22(25)27-12-15-13-28-21(24-15)17-8-4-6-10-20(17)26-2/h3-11,13H,12H2,1-2H3. The van der Waals surface area contributed by atoms with Crippen molar-refractivity contribution in [2.75, 3.05) is 7.11 Å². The molecule has 6 heteroatoms. The summed E-state index contributed by atoms with van der Waals surface area (Å²) < 4.78 is 10.9. The number of benzene rings is 2. The third kappa shape index (κ3) is 3.59. The van der Waals surface area contributed by atoms with Crippen molar-refractivity contribution >= 4 is 28.2 Å². The summed E-state index contributed by atoms with van der Waals surface area (Å²) in [5.41, 5.74) is 3.69. The van der Waals surface area contributed by atoms with Gasteiger partial charge in [-0.2, -0.15) is 0 Å². The van der Waals surface area contributed by atoms with Crippen molar-refractivity contribution in [2.24, 2.45) is 0 Å². The smallest absolute Gasteiger partial charge is 0.339 e. The summed E-state index contributed by atoms with van der Waals surface area (Å²) in [6.45, 7) is 1.98. The topological polar surface area (TPSA) is 61.3 Å². The number of aromatic nitrogens is 2. The van der Waals surface area contributed by atoms with Crippen molar-refractivity contribution in [3.63, 3.8) is 0 Å². The summed E-state index contributed by atoms with van der Waals surface area (Å²) >= 11 is 1.49. The fraction of sp³-hybridized carbons (Fsp3) is 0.136. The quantitative estimate of drug-likeness (QED) is 0.447. The van der Waals surface area contributed by atoms with E-state index in [0.29, 0.717) is 11.3 Å². The Bertz CT molecular complexity index is 1150. The molecule has 0 saturated carbocycles. The number of methoxy groups -OCH3 is 1. The number of rotatable bonds is 5. The van der Waals surface area contributed by atoms with Crippen LogP contribution in [0.3, 0.4) is 0 Å². The van der Waals surface area contributed by atoms with Crippen LogP contribution in [0, 0.1) is 6.92 Å². The molecule has 28 heavy (non-hydrogen) atoms. The van der Waals surface area contributed by atoms with Gasteiger partial charge in [-0.05, 0) is 31.2 Å². The van der Waals surface area contributed by atoms with Gasteiger partial charge in [0.2, 0.25) is 0 Å². The van der Waals surface area contributed by atoms with Crippen LogP contribution in [-0.4, -0.2) is 23.0 Å². The van der Waals surface area contributed by atoms with Crippen molar-refractivity contribution < 1.29 is 14.3 Å². The molecule has 140 valence electrons. The van der Waals surface area contributed by atoms with Gasteiger partial charge >= 0.3 is 5.97 Å². The van der Waals surface area contributed by atoms with Crippen LogP contribution in [-0.2, 0) is 11.3 Å². The normalized spacial score (nSPS) is 10.8. The van der Waals surface area contributed by atoms with Crippen LogP contribution in [0.15, 0.2) is 60.0 Å². The van der Waals surface area contributed by atoms with E-state index in [0.717, 1.165) is 32.9 Å². The molecule has 4 rings (SSSR count). The minimum atomic E-state index is -0.381. The number of hydrogen-bond acceptors (Lipinski definition) is 6. The first kappa shape index (κ1) is 18.1. The van der Waals surface area contributed by atoms with Gasteiger partial charge in [0.1, 0.15) is 17.4 Å². The van der Waals surface area contributed by atoms with Crippen molar-refractivity contribution in [3.05, 3.63) is 76.9 Å². The molecule has 0 N–H and O–H groups in total. The SMILES string of the molecule is COc1ccccc1-c1nc(COC(=O)c2cc(C)nc3ccccc23)cs1. The number of nitrogens with zero attached hydrogens (tertiary/aromatic N) is 2. The Balaban J connectivity index is 1.53. The highest BCUT2D eigenvalue weighted by Crippen LogP contribution is 2.32. The molecule has 2 heterocycles. The molecule has 0 fully saturated rings. The molecule has 5 nitrogen and oxygen atoms in total. The molecule has 0 spiro atoms. The fourth-order valence-electron chi connectivity index (χ4n) is 3.01. The number of pyridine rings is 1. The first-order chi connectivity index (χ1) is 13.7. The Labute approximate surface area is 166 Å². The van der Waals surface area contributed by atoms with Crippen LogP contribution in [0.5, 0.6) is 5.75 Å². The van der Waals surface area contributed by atoms with Crippen LogP contribution in [0.2, 0.25) is 0 Å². The van der Waals surface area contributed by atoms with Gasteiger partial charge in [-0.25, -0.2) is 9.78 Å². The van der Waals surface area contributed by atoms with Crippen molar-refractivity contribution in [2.45, 2.75) is 13.5 Å². The van der Waals surface area contributed by atoms with E-state index in [-0.39, 0.29) is 12.6 Å². The number of hydrogen-bond donors (Lipinski definition) is 0. The predicted octanol–water partition coefficient (Wildman–Crippen LogP) is 5.03. The van der Waals surface area contributed by atoms with E-state index in [4.69, 9.17) is 9.47 Å². The number of para-hydroxylation sites is 2. The molecule has 0 aliphatic carbocycles. The maximum absolute atomic E-state index is 12.7. The summed E-state index contributed by atoms with van der Waals surface area (Å²) in [5.74, 6) is 0.382. The molecule has 4 aromatic rings. The summed E-state index contributed by atoms with van der Waals surface area (Å²) in [5, 5.41) is 3.50. The van der Waals surface area contributed by atoms with Gasteiger partial charge in [0.05, 0.1) is 29.4 Å². The summed E-state index contributed by atoms with van der Waals surface area (Å²) in [6.07, 6.45) is 0. The Kier molecular flexibility index (Phi) is 5.04. The van der Waals surface area contributed by atoms with E-state index in [1.807, 2.05) is 60.8 Å². The maximum Gasteiger partial charge on any atom is 0.339 e. The zero-order valence-corrected chi connectivity index (χ0v) is 16.3. The number of carbonyl (C=O) groups is 1. The van der Waals surface area contributed by atoms with E-state index in [1.165, 1.54) is 11.3 Å². The molecule has 0 unspecified atom stereocenters. The van der Waals surface area contributed by atoms with E-state index in [9.17, 15) is 4.79 Å². The lowest BCUT2D eigenvalue weighted by Crippen LogP contribution is -2.07. The van der Waals surface area contributed by atoms with Gasteiger partial charge < -0.3 is 9.47 Å². The van der Waals surface area contributed by atoms with Gasteiger partial charge in [0, 0.05) is 16.5 Å². The third-order valence-corrected chi connectivity index (χ3v) is 5.23. The summed E-state index contributed by atoms with van der Waals surface area (Å²) in [7, 11) is 1.64. The van der Waals surface area contributed by atoms with Gasteiger partial charge in [-0.15, -0.1) is 11.3 Å². The van der Waals surface area contributed by atoms with Crippen LogP contribution >= 0.6 is 11.3 Å². The molecular weight excluding hydrogens is 372 g/mol. The Morgan fingerprint density at radius 2 is 1.86 bits per heavy atom. The zero-order valence-electron chi connectivity index (χ0n) is 15.5. The van der Waals surface area contributed by atoms with Crippen LogP contribution in [0.25, 0.3) is 21.5 Å². The number of thiazole rings is 1. The number of aryl methyl sites for hydroxylation is 1. The molecule has 2 aromatic carbocycles.